The fourth-order valence-electron chi connectivity index (χ4n) is 1.72. The highest BCUT2D eigenvalue weighted by molar-refractivity contribution is 6.89. The summed E-state index contributed by atoms with van der Waals surface area (Å²) >= 11 is 0. The van der Waals surface area contributed by atoms with E-state index in [4.69, 9.17) is 0 Å². The summed E-state index contributed by atoms with van der Waals surface area (Å²) in [5.74, 6) is 0. The van der Waals surface area contributed by atoms with Crippen molar-refractivity contribution in [3.05, 3.63) is 35.4 Å². The lowest BCUT2D eigenvalue weighted by molar-refractivity contribution is 1.45. The summed E-state index contributed by atoms with van der Waals surface area (Å²) < 4.78 is 0. The Balaban J connectivity index is 3.36. The van der Waals surface area contributed by atoms with Crippen molar-refractivity contribution in [3.8, 4) is 0 Å². The summed E-state index contributed by atoms with van der Waals surface area (Å²) in [6, 6.07) is 6.66. The number of hydrogen-bond acceptors (Lipinski definition) is 0. The van der Waals surface area contributed by atoms with Crippen LogP contribution in [-0.4, -0.2) is 8.07 Å². The molecule has 0 saturated carbocycles. The highest BCUT2D eigenvalue weighted by Gasteiger charge is 2.19. The van der Waals surface area contributed by atoms with Crippen LogP contribution in [0, 0.1) is 6.92 Å². The highest BCUT2D eigenvalue weighted by Crippen LogP contribution is 2.13. The third-order valence-corrected chi connectivity index (χ3v) is 4.52. The van der Waals surface area contributed by atoms with Gasteiger partial charge < -0.3 is 0 Å². The summed E-state index contributed by atoms with van der Waals surface area (Å²) in [6.45, 7) is 11.5. The molecule has 14 heavy (non-hydrogen) atoms. The molecule has 76 valence electrons. The summed E-state index contributed by atoms with van der Waals surface area (Å²) in [4.78, 5) is 0. The van der Waals surface area contributed by atoms with E-state index in [0.29, 0.717) is 0 Å². The molecule has 0 aromatic heterocycles. The van der Waals surface area contributed by atoms with Crippen molar-refractivity contribution < 1.29 is 0 Å². The fraction of sp³-hybridized carbons (Fsp3) is 0.385. The molecular formula is C13H20Si. The molecule has 0 unspecified atom stereocenters. The van der Waals surface area contributed by atoms with Crippen molar-refractivity contribution in [2.24, 2.45) is 0 Å². The minimum Gasteiger partial charge on any atom is -0.0871 e. The van der Waals surface area contributed by atoms with Gasteiger partial charge in [-0.3, -0.25) is 0 Å². The van der Waals surface area contributed by atoms with E-state index in [1.54, 1.807) is 5.19 Å². The van der Waals surface area contributed by atoms with Gasteiger partial charge in [-0.15, -0.1) is 0 Å². The van der Waals surface area contributed by atoms with Crippen LogP contribution in [0.5, 0.6) is 0 Å². The molecule has 0 heterocycles. The van der Waals surface area contributed by atoms with Crippen LogP contribution in [0.1, 0.15) is 18.1 Å². The average molecular weight is 204 g/mol. The smallest absolute Gasteiger partial charge is 0.0783 e. The molecule has 0 spiro atoms. The molecule has 0 nitrogen and oxygen atoms in total. The van der Waals surface area contributed by atoms with Gasteiger partial charge in [-0.2, -0.15) is 0 Å². The van der Waals surface area contributed by atoms with Gasteiger partial charge in [0, 0.05) is 0 Å². The third kappa shape index (κ3) is 2.35. The molecule has 1 aromatic rings. The minimum absolute atomic E-state index is 1.20. The normalized spacial score (nSPS) is 12.4. The molecule has 1 heteroatoms. The van der Waals surface area contributed by atoms with Crippen molar-refractivity contribution in [2.45, 2.75) is 33.5 Å². The lowest BCUT2D eigenvalue weighted by atomic mass is 10.1. The molecule has 0 bridgehead atoms. The highest BCUT2D eigenvalue weighted by atomic mass is 28.3. The summed E-state index contributed by atoms with van der Waals surface area (Å²) in [5.41, 5.74) is 2.83. The maximum absolute atomic E-state index is 2.40. The molecule has 0 radical (unpaired) electrons. The summed E-state index contributed by atoms with van der Waals surface area (Å²) in [5, 5.41) is 1.57. The number of rotatable bonds is 2. The van der Waals surface area contributed by atoms with Crippen LogP contribution >= 0.6 is 0 Å². The van der Waals surface area contributed by atoms with E-state index in [1.165, 1.54) is 11.1 Å². The Morgan fingerprint density at radius 1 is 1.14 bits per heavy atom. The Kier molecular flexibility index (Phi) is 3.32. The molecule has 0 amide bonds. The Morgan fingerprint density at radius 2 is 1.79 bits per heavy atom. The lowest BCUT2D eigenvalue weighted by Gasteiger charge is -2.20. The maximum atomic E-state index is 2.40. The van der Waals surface area contributed by atoms with Crippen molar-refractivity contribution in [3.63, 3.8) is 0 Å². The second-order valence-electron chi connectivity index (χ2n) is 4.79. The molecule has 0 saturated heterocycles. The van der Waals surface area contributed by atoms with E-state index in [9.17, 15) is 0 Å². The number of allylic oxidation sites excluding steroid dienone is 1. The van der Waals surface area contributed by atoms with E-state index in [-0.39, 0.29) is 0 Å². The second-order valence-corrected chi connectivity index (χ2v) is 9.82. The number of aryl methyl sites for hydroxylation is 1. The first-order valence-corrected chi connectivity index (χ1v) is 8.69. The molecular weight excluding hydrogens is 184 g/mol. The van der Waals surface area contributed by atoms with E-state index in [2.05, 4.69) is 63.8 Å². The fourth-order valence-corrected chi connectivity index (χ4v) is 3.41. The quantitative estimate of drug-likeness (QED) is 0.646. The van der Waals surface area contributed by atoms with E-state index < -0.39 is 8.07 Å². The Morgan fingerprint density at radius 3 is 2.29 bits per heavy atom. The predicted octanol–water partition coefficient (Wildman–Crippen LogP) is 3.57. The Labute approximate surface area is 88.7 Å². The van der Waals surface area contributed by atoms with Crippen LogP contribution in [-0.2, 0) is 0 Å². The summed E-state index contributed by atoms with van der Waals surface area (Å²) in [6.07, 6.45) is 4.37. The molecule has 0 aliphatic heterocycles. The minimum atomic E-state index is -1.20. The number of benzene rings is 1. The van der Waals surface area contributed by atoms with Gasteiger partial charge in [0.05, 0.1) is 8.07 Å². The van der Waals surface area contributed by atoms with Gasteiger partial charge in [0.15, 0.2) is 0 Å². The van der Waals surface area contributed by atoms with Gasteiger partial charge in [-0.05, 0) is 25.0 Å². The Bertz CT molecular complexity index is 343. The average Bonchev–Trinajstić information content (AvgIpc) is 2.07. The zero-order chi connectivity index (χ0) is 10.8. The predicted molar refractivity (Wildman–Crippen MR) is 68.9 cm³/mol. The molecule has 0 aliphatic rings. The van der Waals surface area contributed by atoms with Crippen LogP contribution < -0.4 is 5.19 Å². The zero-order valence-electron chi connectivity index (χ0n) is 9.89. The van der Waals surface area contributed by atoms with Crippen molar-refractivity contribution in [1.82, 2.24) is 0 Å². The van der Waals surface area contributed by atoms with Crippen molar-refractivity contribution >= 4 is 19.3 Å². The topological polar surface area (TPSA) is 0 Å². The first-order valence-electron chi connectivity index (χ1n) is 5.19. The van der Waals surface area contributed by atoms with Crippen molar-refractivity contribution in [1.29, 1.82) is 0 Å². The van der Waals surface area contributed by atoms with Crippen LogP contribution in [0.3, 0.4) is 0 Å². The van der Waals surface area contributed by atoms with Gasteiger partial charge in [0.2, 0.25) is 0 Å². The monoisotopic (exact) mass is 204 g/mol. The molecule has 0 atom stereocenters. The van der Waals surface area contributed by atoms with Crippen molar-refractivity contribution in [2.75, 3.05) is 0 Å². The van der Waals surface area contributed by atoms with E-state index in [0.717, 1.165) is 0 Å². The van der Waals surface area contributed by atoms with Gasteiger partial charge in [0.25, 0.3) is 0 Å². The van der Waals surface area contributed by atoms with Gasteiger partial charge in [-0.25, -0.2) is 0 Å². The molecule has 0 aliphatic carbocycles. The standard InChI is InChI=1S/C13H20Si/c1-6-8-12-11(2)9-7-10-13(12)14(3,4)5/h6-10H,1-5H3. The maximum Gasteiger partial charge on any atom is 0.0783 e. The molecule has 0 fully saturated rings. The SMILES string of the molecule is CC=Cc1c(C)cccc1[Si](C)(C)C. The van der Waals surface area contributed by atoms with Crippen LogP contribution in [0.2, 0.25) is 19.6 Å². The Hall–Kier alpha value is -0.823. The largest absolute Gasteiger partial charge is 0.0871 e. The van der Waals surface area contributed by atoms with E-state index >= 15 is 0 Å². The van der Waals surface area contributed by atoms with Gasteiger partial charge in [-0.1, -0.05) is 55.2 Å². The van der Waals surface area contributed by atoms with Crippen LogP contribution in [0.4, 0.5) is 0 Å². The lowest BCUT2D eigenvalue weighted by Crippen LogP contribution is -2.39. The summed E-state index contributed by atoms with van der Waals surface area (Å²) in [7, 11) is -1.20. The van der Waals surface area contributed by atoms with Gasteiger partial charge >= 0.3 is 0 Å². The van der Waals surface area contributed by atoms with Crippen LogP contribution in [0.25, 0.3) is 6.08 Å². The van der Waals surface area contributed by atoms with Crippen LogP contribution in [0.15, 0.2) is 24.3 Å². The molecule has 1 rings (SSSR count). The first-order chi connectivity index (χ1) is 6.46. The zero-order valence-corrected chi connectivity index (χ0v) is 10.9. The van der Waals surface area contributed by atoms with Gasteiger partial charge in [0.1, 0.15) is 0 Å². The first kappa shape index (κ1) is 11.3. The molecule has 0 N–H and O–H groups in total. The molecule has 1 aromatic carbocycles. The second kappa shape index (κ2) is 4.14. The number of hydrogen-bond donors (Lipinski definition) is 0. The third-order valence-electron chi connectivity index (χ3n) is 2.47. The van der Waals surface area contributed by atoms with E-state index in [1.807, 2.05) is 0 Å².